The molecule has 0 saturated carbocycles. The van der Waals surface area contributed by atoms with E-state index in [0.717, 1.165) is 27.7 Å². The van der Waals surface area contributed by atoms with Crippen LogP contribution in [0.15, 0.2) is 36.4 Å². The number of rotatable bonds is 6. The van der Waals surface area contributed by atoms with E-state index in [9.17, 15) is 4.79 Å². The molecule has 2 aromatic carbocycles. The number of aryl methyl sites for hydroxylation is 2. The molecule has 0 aliphatic heterocycles. The van der Waals surface area contributed by atoms with Crippen LogP contribution in [0.2, 0.25) is 0 Å². The van der Waals surface area contributed by atoms with Crippen LogP contribution in [0.1, 0.15) is 56.2 Å². The minimum Gasteiger partial charge on any atom is -1.00 e. The van der Waals surface area contributed by atoms with E-state index in [1.165, 1.54) is 5.56 Å². The van der Waals surface area contributed by atoms with Gasteiger partial charge < -0.3 is 10.9 Å². The number of carbonyl (C=O) groups is 1. The van der Waals surface area contributed by atoms with Gasteiger partial charge in [0.25, 0.3) is 0 Å². The van der Waals surface area contributed by atoms with Gasteiger partial charge in [0.05, 0.1) is 0 Å². The average molecular weight is 380 g/mol. The van der Waals surface area contributed by atoms with Gasteiger partial charge in [-0.2, -0.15) is 0 Å². The Balaban J connectivity index is 0.00000364. The standard InChI is InChI=1S/C22H29O3P.Li.H/c1-14-12-17(22(4,5)6)13-15(2)20(14)21(23)26-19-10-8-18(9-11-19)25-16(3)24-7;;/h8-13,16,26H,1-7H3;;/q;+1;-1. The van der Waals surface area contributed by atoms with Gasteiger partial charge in [0.2, 0.25) is 0 Å². The molecule has 0 aliphatic rings. The zero-order valence-corrected chi connectivity index (χ0v) is 18.8. The summed E-state index contributed by atoms with van der Waals surface area (Å²) in [6.45, 7) is 12.5. The van der Waals surface area contributed by atoms with Crippen molar-refractivity contribution in [2.24, 2.45) is 0 Å². The van der Waals surface area contributed by atoms with Gasteiger partial charge in [-0.3, -0.25) is 4.79 Å². The Morgan fingerprint density at radius 3 is 2.04 bits per heavy atom. The first-order chi connectivity index (χ1) is 12.1. The molecule has 0 spiro atoms. The van der Waals surface area contributed by atoms with Gasteiger partial charge in [-0.1, -0.05) is 45.0 Å². The van der Waals surface area contributed by atoms with Crippen molar-refractivity contribution >= 4 is 19.4 Å². The van der Waals surface area contributed by atoms with E-state index in [1.807, 2.05) is 45.0 Å². The monoisotopic (exact) mass is 380 g/mol. The molecule has 0 heterocycles. The molecule has 2 unspecified atom stereocenters. The Bertz CT molecular complexity index is 762. The zero-order valence-electron chi connectivity index (χ0n) is 18.8. The van der Waals surface area contributed by atoms with Gasteiger partial charge >= 0.3 is 18.9 Å². The number of ether oxygens (including phenoxy) is 2. The maximum absolute atomic E-state index is 12.9. The number of hydrogen-bond acceptors (Lipinski definition) is 3. The van der Waals surface area contributed by atoms with Gasteiger partial charge in [-0.15, -0.1) is 0 Å². The Labute approximate surface area is 178 Å². The third-order valence-corrected chi connectivity index (χ3v) is 5.47. The first-order valence-corrected chi connectivity index (χ1v) is 9.84. The van der Waals surface area contributed by atoms with E-state index in [-0.39, 0.29) is 46.1 Å². The molecule has 0 N–H and O–H groups in total. The summed E-state index contributed by atoms with van der Waals surface area (Å²) < 4.78 is 10.7. The van der Waals surface area contributed by atoms with Gasteiger partial charge in [-0.25, -0.2) is 0 Å². The summed E-state index contributed by atoms with van der Waals surface area (Å²) >= 11 is 0. The van der Waals surface area contributed by atoms with E-state index in [4.69, 9.17) is 9.47 Å². The number of methoxy groups -OCH3 is 1. The number of carbonyl (C=O) groups excluding carboxylic acids is 1. The van der Waals surface area contributed by atoms with E-state index < -0.39 is 0 Å². The van der Waals surface area contributed by atoms with E-state index in [0.29, 0.717) is 0 Å². The summed E-state index contributed by atoms with van der Waals surface area (Å²) in [5.74, 6) is 0.738. The van der Waals surface area contributed by atoms with E-state index in [2.05, 4.69) is 32.9 Å². The SMILES string of the molecule is COC(C)Oc1ccc(PC(=O)c2c(C)cc(C(C)(C)C)cc2C)cc1.[H-].[Li+]. The van der Waals surface area contributed by atoms with Crippen molar-refractivity contribution in [1.29, 1.82) is 0 Å². The largest absolute Gasteiger partial charge is 1.00 e. The summed E-state index contributed by atoms with van der Waals surface area (Å²) in [6.07, 6.45) is -0.295. The first kappa shape index (κ1) is 23.9. The second-order valence-corrected chi connectivity index (χ2v) is 8.92. The molecule has 0 aromatic heterocycles. The molecular weight excluding hydrogens is 350 g/mol. The predicted octanol–water partition coefficient (Wildman–Crippen LogP) is 2.23. The second kappa shape index (κ2) is 9.90. The summed E-state index contributed by atoms with van der Waals surface area (Å²) in [7, 11) is 1.70. The van der Waals surface area contributed by atoms with Crippen LogP contribution >= 0.6 is 8.58 Å². The van der Waals surface area contributed by atoms with Crippen LogP contribution in [0.3, 0.4) is 0 Å². The molecule has 5 heteroatoms. The van der Waals surface area contributed by atoms with Crippen LogP contribution < -0.4 is 28.9 Å². The minimum atomic E-state index is -0.295. The molecule has 2 atom stereocenters. The van der Waals surface area contributed by atoms with Crippen LogP contribution in [-0.4, -0.2) is 18.9 Å². The fourth-order valence-electron chi connectivity index (χ4n) is 2.80. The number of benzene rings is 2. The topological polar surface area (TPSA) is 35.5 Å². The van der Waals surface area contributed by atoms with Crippen molar-refractivity contribution < 1.29 is 34.6 Å². The van der Waals surface area contributed by atoms with E-state index in [1.54, 1.807) is 7.11 Å². The van der Waals surface area contributed by atoms with Crippen LogP contribution in [0.25, 0.3) is 0 Å². The van der Waals surface area contributed by atoms with Crippen LogP contribution in [-0.2, 0) is 10.2 Å². The first-order valence-electron chi connectivity index (χ1n) is 8.84. The van der Waals surface area contributed by atoms with Crippen molar-refractivity contribution in [3.8, 4) is 5.75 Å². The second-order valence-electron chi connectivity index (χ2n) is 7.63. The molecular formula is C22H30LiO3P. The Morgan fingerprint density at radius 2 is 1.59 bits per heavy atom. The Hall–Kier alpha value is -1.10. The molecule has 2 aromatic rings. The molecule has 0 aliphatic carbocycles. The maximum atomic E-state index is 12.9. The van der Waals surface area contributed by atoms with Crippen molar-refractivity contribution in [3.63, 3.8) is 0 Å². The summed E-state index contributed by atoms with van der Waals surface area (Å²) in [4.78, 5) is 12.9. The quantitative estimate of drug-likeness (QED) is 0.438. The molecule has 2 rings (SSSR count). The van der Waals surface area contributed by atoms with Crippen LogP contribution in [0.5, 0.6) is 5.75 Å². The molecule has 0 fully saturated rings. The maximum Gasteiger partial charge on any atom is 1.00 e. The molecule has 27 heavy (non-hydrogen) atoms. The fraction of sp³-hybridized carbons (Fsp3) is 0.409. The van der Waals surface area contributed by atoms with E-state index >= 15 is 0 Å². The van der Waals surface area contributed by atoms with Gasteiger partial charge in [-0.05, 0) is 68.9 Å². The fourth-order valence-corrected chi connectivity index (χ4v) is 3.92. The predicted molar refractivity (Wildman–Crippen MR) is 112 cm³/mol. The smallest absolute Gasteiger partial charge is 1.00 e. The Morgan fingerprint density at radius 1 is 1.07 bits per heavy atom. The molecule has 142 valence electrons. The minimum absolute atomic E-state index is 0. The summed E-state index contributed by atoms with van der Waals surface area (Å²) in [5, 5.41) is 1.01. The van der Waals surface area contributed by atoms with Crippen molar-refractivity contribution in [3.05, 3.63) is 58.7 Å². The van der Waals surface area contributed by atoms with Gasteiger partial charge in [0.15, 0.2) is 11.8 Å². The van der Waals surface area contributed by atoms with Crippen molar-refractivity contribution in [2.75, 3.05) is 7.11 Å². The molecule has 0 bridgehead atoms. The van der Waals surface area contributed by atoms with Crippen molar-refractivity contribution in [1.82, 2.24) is 0 Å². The number of hydrogen-bond donors (Lipinski definition) is 0. The average Bonchev–Trinajstić information content (AvgIpc) is 2.55. The molecule has 0 radical (unpaired) electrons. The van der Waals surface area contributed by atoms with Crippen LogP contribution in [0, 0.1) is 13.8 Å². The molecule has 0 amide bonds. The van der Waals surface area contributed by atoms with Crippen molar-refractivity contribution in [2.45, 2.75) is 53.2 Å². The summed E-state index contributed by atoms with van der Waals surface area (Å²) in [5.41, 5.74) is 4.49. The third-order valence-electron chi connectivity index (χ3n) is 4.37. The van der Waals surface area contributed by atoms with Gasteiger partial charge in [0, 0.05) is 12.7 Å². The third kappa shape index (κ3) is 6.48. The molecule has 0 saturated heterocycles. The molecule has 3 nitrogen and oxygen atoms in total. The van der Waals surface area contributed by atoms with Gasteiger partial charge in [0.1, 0.15) is 5.75 Å². The zero-order chi connectivity index (χ0) is 19.5. The Kier molecular flexibility index (Phi) is 8.78. The summed E-state index contributed by atoms with van der Waals surface area (Å²) in [6, 6.07) is 12.0. The normalized spacial score (nSPS) is 12.7. The van der Waals surface area contributed by atoms with Crippen LogP contribution in [0.4, 0.5) is 0 Å².